The molecule has 0 spiro atoms. The lowest BCUT2D eigenvalue weighted by Crippen LogP contribution is -2.53. The molecule has 0 aromatic carbocycles. The standard InChI is InChI=1S/C21H26N4O4/c1-2-29-13-20(27)24-11-14-9-15(12-24)18(25-17(14)6-3-7-19(25)26)10-23-21(28)16-5-4-8-22-16/h3-8,14-15,18,22H,2,9-13H2,1H3,(H,23,28)/t14-,15+,18+/m1/s1. The molecule has 8 heteroatoms. The van der Waals surface area contributed by atoms with E-state index >= 15 is 0 Å². The molecule has 4 rings (SSSR count). The quantitative estimate of drug-likeness (QED) is 0.762. The van der Waals surface area contributed by atoms with Crippen LogP contribution < -0.4 is 10.9 Å². The number of pyridine rings is 1. The van der Waals surface area contributed by atoms with Gasteiger partial charge in [0.15, 0.2) is 0 Å². The Morgan fingerprint density at radius 1 is 1.24 bits per heavy atom. The van der Waals surface area contributed by atoms with Crippen LogP contribution in [0.1, 0.15) is 41.5 Å². The molecule has 3 atom stereocenters. The predicted octanol–water partition coefficient (Wildman–Crippen LogP) is 1.13. The molecule has 1 saturated heterocycles. The number of likely N-dealkylation sites (tertiary alicyclic amines) is 1. The smallest absolute Gasteiger partial charge is 0.267 e. The Morgan fingerprint density at radius 2 is 2.10 bits per heavy atom. The molecule has 0 saturated carbocycles. The third kappa shape index (κ3) is 3.85. The Bertz CT molecular complexity index is 936. The van der Waals surface area contributed by atoms with Gasteiger partial charge in [-0.05, 0) is 37.5 Å². The lowest BCUT2D eigenvalue weighted by Gasteiger charge is -2.47. The monoisotopic (exact) mass is 398 g/mol. The number of fused-ring (bicyclic) bond motifs is 4. The molecule has 0 aliphatic carbocycles. The minimum atomic E-state index is -0.206. The summed E-state index contributed by atoms with van der Waals surface area (Å²) in [7, 11) is 0. The maximum absolute atomic E-state index is 12.7. The fourth-order valence-electron chi connectivity index (χ4n) is 4.55. The number of amides is 2. The number of hydrogen-bond donors (Lipinski definition) is 2. The SMILES string of the molecule is CCOCC(=O)N1C[C@H]2C[C@@H](C1)[C@H](CNC(=O)c1ccc[nH]1)n1c2cccc1=O. The topological polar surface area (TPSA) is 96.4 Å². The predicted molar refractivity (Wildman–Crippen MR) is 107 cm³/mol. The van der Waals surface area contributed by atoms with Gasteiger partial charge in [0, 0.05) is 50.1 Å². The number of carbonyl (C=O) groups excluding carboxylic acids is 2. The lowest BCUT2D eigenvalue weighted by molar-refractivity contribution is -0.139. The van der Waals surface area contributed by atoms with Gasteiger partial charge in [-0.25, -0.2) is 0 Å². The van der Waals surface area contributed by atoms with Crippen molar-refractivity contribution in [3.63, 3.8) is 0 Å². The summed E-state index contributed by atoms with van der Waals surface area (Å²) < 4.78 is 7.12. The third-order valence-corrected chi connectivity index (χ3v) is 5.90. The van der Waals surface area contributed by atoms with E-state index in [4.69, 9.17) is 4.74 Å². The van der Waals surface area contributed by atoms with Crippen molar-refractivity contribution in [2.75, 3.05) is 32.8 Å². The number of aromatic nitrogens is 2. The average Bonchev–Trinajstić information content (AvgIpc) is 3.27. The van der Waals surface area contributed by atoms with Gasteiger partial charge in [-0.2, -0.15) is 0 Å². The first-order chi connectivity index (χ1) is 14.1. The molecule has 1 fully saturated rings. The second-order valence-electron chi connectivity index (χ2n) is 7.65. The first-order valence-corrected chi connectivity index (χ1v) is 10.1. The molecule has 154 valence electrons. The van der Waals surface area contributed by atoms with Crippen molar-refractivity contribution in [1.29, 1.82) is 0 Å². The largest absolute Gasteiger partial charge is 0.372 e. The van der Waals surface area contributed by atoms with Gasteiger partial charge in [0.25, 0.3) is 11.5 Å². The zero-order valence-corrected chi connectivity index (χ0v) is 16.5. The third-order valence-electron chi connectivity index (χ3n) is 5.90. The van der Waals surface area contributed by atoms with Gasteiger partial charge in [0.2, 0.25) is 5.91 Å². The van der Waals surface area contributed by atoms with Crippen LogP contribution in [-0.4, -0.2) is 59.1 Å². The molecular formula is C21H26N4O4. The fraction of sp³-hybridized carbons (Fsp3) is 0.476. The van der Waals surface area contributed by atoms with Gasteiger partial charge in [-0.3, -0.25) is 14.4 Å². The highest BCUT2D eigenvalue weighted by Gasteiger charge is 2.41. The molecule has 2 bridgehead atoms. The van der Waals surface area contributed by atoms with Crippen LogP contribution in [0.15, 0.2) is 41.3 Å². The first-order valence-electron chi connectivity index (χ1n) is 10.1. The molecule has 2 amide bonds. The summed E-state index contributed by atoms with van der Waals surface area (Å²) in [5, 5.41) is 2.95. The van der Waals surface area contributed by atoms with Gasteiger partial charge in [0.1, 0.15) is 12.3 Å². The maximum Gasteiger partial charge on any atom is 0.267 e. The minimum absolute atomic E-state index is 0.0255. The number of nitrogens with one attached hydrogen (secondary N) is 2. The van der Waals surface area contributed by atoms with E-state index in [0.717, 1.165) is 12.1 Å². The van der Waals surface area contributed by atoms with Crippen LogP contribution in [0.25, 0.3) is 0 Å². The molecule has 2 aromatic rings. The summed E-state index contributed by atoms with van der Waals surface area (Å²) in [6.45, 7) is 3.92. The number of H-pyrrole nitrogens is 1. The Morgan fingerprint density at radius 3 is 2.86 bits per heavy atom. The van der Waals surface area contributed by atoms with Gasteiger partial charge in [0.05, 0.1) is 6.04 Å². The Labute approximate surface area is 168 Å². The highest BCUT2D eigenvalue weighted by atomic mass is 16.5. The lowest BCUT2D eigenvalue weighted by atomic mass is 9.78. The highest BCUT2D eigenvalue weighted by Crippen LogP contribution is 2.40. The van der Waals surface area contributed by atoms with Crippen molar-refractivity contribution in [3.05, 3.63) is 58.3 Å². The van der Waals surface area contributed by atoms with E-state index in [1.807, 2.05) is 22.5 Å². The second-order valence-corrected chi connectivity index (χ2v) is 7.65. The van der Waals surface area contributed by atoms with E-state index in [2.05, 4.69) is 10.3 Å². The van der Waals surface area contributed by atoms with Crippen molar-refractivity contribution in [3.8, 4) is 0 Å². The molecule has 2 aliphatic heterocycles. The summed E-state index contributed by atoms with van der Waals surface area (Å²) in [4.78, 5) is 42.4. The van der Waals surface area contributed by atoms with Crippen LogP contribution in [0.3, 0.4) is 0 Å². The number of aromatic amines is 1. The van der Waals surface area contributed by atoms with Crippen molar-refractivity contribution in [2.24, 2.45) is 5.92 Å². The van der Waals surface area contributed by atoms with Crippen LogP contribution in [0.4, 0.5) is 0 Å². The van der Waals surface area contributed by atoms with Gasteiger partial charge >= 0.3 is 0 Å². The summed E-state index contributed by atoms with van der Waals surface area (Å²) in [6, 6.07) is 8.56. The van der Waals surface area contributed by atoms with E-state index in [1.54, 1.807) is 30.5 Å². The average molecular weight is 398 g/mol. The van der Waals surface area contributed by atoms with Crippen molar-refractivity contribution >= 4 is 11.8 Å². The Hall–Kier alpha value is -2.87. The van der Waals surface area contributed by atoms with Crippen LogP contribution in [-0.2, 0) is 9.53 Å². The molecule has 8 nitrogen and oxygen atoms in total. The molecule has 2 aliphatic rings. The zero-order chi connectivity index (χ0) is 20.4. The molecule has 0 unspecified atom stereocenters. The minimum Gasteiger partial charge on any atom is -0.372 e. The molecular weight excluding hydrogens is 372 g/mol. The van der Waals surface area contributed by atoms with Gasteiger partial charge in [-0.15, -0.1) is 0 Å². The number of rotatable bonds is 6. The summed E-state index contributed by atoms with van der Waals surface area (Å²) in [6.07, 6.45) is 2.59. The molecule has 29 heavy (non-hydrogen) atoms. The van der Waals surface area contributed by atoms with Crippen LogP contribution in [0.2, 0.25) is 0 Å². The number of hydrogen-bond acceptors (Lipinski definition) is 4. The number of carbonyl (C=O) groups is 2. The maximum atomic E-state index is 12.7. The van der Waals surface area contributed by atoms with Crippen molar-refractivity contribution < 1.29 is 14.3 Å². The Kier molecular flexibility index (Phi) is 5.53. The van der Waals surface area contributed by atoms with E-state index in [1.165, 1.54) is 0 Å². The number of ether oxygens (including phenoxy) is 1. The van der Waals surface area contributed by atoms with E-state index in [-0.39, 0.29) is 41.9 Å². The summed E-state index contributed by atoms with van der Waals surface area (Å²) in [5.74, 6) is -0.0235. The summed E-state index contributed by atoms with van der Waals surface area (Å²) >= 11 is 0. The van der Waals surface area contributed by atoms with E-state index in [9.17, 15) is 14.4 Å². The molecule has 0 radical (unpaired) electrons. The highest BCUT2D eigenvalue weighted by molar-refractivity contribution is 5.92. The Balaban J connectivity index is 1.58. The van der Waals surface area contributed by atoms with Crippen LogP contribution in [0.5, 0.6) is 0 Å². The number of piperidine rings is 1. The normalized spacial score (nSPS) is 22.8. The summed E-state index contributed by atoms with van der Waals surface area (Å²) in [5.41, 5.74) is 1.35. The van der Waals surface area contributed by atoms with Crippen LogP contribution >= 0.6 is 0 Å². The number of nitrogens with zero attached hydrogens (tertiary/aromatic N) is 2. The van der Waals surface area contributed by atoms with Gasteiger partial charge in [-0.1, -0.05) is 6.07 Å². The zero-order valence-electron chi connectivity index (χ0n) is 16.5. The van der Waals surface area contributed by atoms with E-state index in [0.29, 0.717) is 31.9 Å². The molecule has 2 aromatic heterocycles. The molecule has 2 N–H and O–H groups in total. The van der Waals surface area contributed by atoms with Crippen molar-refractivity contribution in [2.45, 2.75) is 25.3 Å². The first kappa shape index (κ1) is 19.4. The second kappa shape index (κ2) is 8.24. The van der Waals surface area contributed by atoms with Crippen LogP contribution in [0, 0.1) is 5.92 Å². The van der Waals surface area contributed by atoms with Gasteiger partial charge < -0.3 is 24.5 Å². The van der Waals surface area contributed by atoms with E-state index < -0.39 is 0 Å². The van der Waals surface area contributed by atoms with Crippen molar-refractivity contribution in [1.82, 2.24) is 19.8 Å². The molecule has 4 heterocycles. The fourth-order valence-corrected chi connectivity index (χ4v) is 4.55.